The molecule has 4 atom stereocenters. The van der Waals surface area contributed by atoms with Crippen molar-refractivity contribution >= 4 is 17.9 Å². The van der Waals surface area contributed by atoms with E-state index in [9.17, 15) is 19.5 Å². The Hall–Kier alpha value is -1.87. The minimum absolute atomic E-state index is 0.00954. The van der Waals surface area contributed by atoms with E-state index in [2.05, 4.69) is 24.5 Å². The van der Waals surface area contributed by atoms with Crippen LogP contribution in [0.5, 0.6) is 0 Å². The molecule has 3 amide bonds. The fraction of sp³-hybridized carbons (Fsp3) is 0.912. The van der Waals surface area contributed by atoms with Gasteiger partial charge in [0.2, 0.25) is 5.91 Å². The number of unbranched alkanes of at least 4 members (excludes halogenated alkanes) is 8. The van der Waals surface area contributed by atoms with Gasteiger partial charge in [0.1, 0.15) is 6.10 Å². The first-order chi connectivity index (χ1) is 20.4. The van der Waals surface area contributed by atoms with Gasteiger partial charge in [-0.05, 0) is 45.4 Å². The third kappa shape index (κ3) is 12.6. The number of carbonyl (C=O) groups is 3. The summed E-state index contributed by atoms with van der Waals surface area (Å²) in [6.07, 6.45) is 14.8. The summed E-state index contributed by atoms with van der Waals surface area (Å²) >= 11 is 0. The predicted octanol–water partition coefficient (Wildman–Crippen LogP) is 6.88. The summed E-state index contributed by atoms with van der Waals surface area (Å²) in [4.78, 5) is 41.8. The minimum Gasteiger partial charge on any atom is -0.481 e. The van der Waals surface area contributed by atoms with E-state index in [4.69, 9.17) is 9.47 Å². The van der Waals surface area contributed by atoms with Crippen LogP contribution in [0, 0.1) is 17.3 Å². The number of carboxylic acids is 1. The molecule has 0 bridgehead atoms. The third-order valence-electron chi connectivity index (χ3n) is 9.22. The summed E-state index contributed by atoms with van der Waals surface area (Å²) in [6.45, 7) is 13.4. The summed E-state index contributed by atoms with van der Waals surface area (Å²) < 4.78 is 11.8. The second kappa shape index (κ2) is 18.8. The van der Waals surface area contributed by atoms with Crippen molar-refractivity contribution in [3.8, 4) is 0 Å². The molecular weight excluding hydrogens is 546 g/mol. The molecule has 1 saturated heterocycles. The molecule has 0 radical (unpaired) electrons. The van der Waals surface area contributed by atoms with Gasteiger partial charge in [0.25, 0.3) is 0 Å². The number of carboxylic acid groups (broad SMARTS) is 1. The smallest absolute Gasteiger partial charge is 0.317 e. The minimum atomic E-state index is -0.928. The lowest BCUT2D eigenvalue weighted by Gasteiger charge is -2.45. The molecule has 4 unspecified atom stereocenters. The highest BCUT2D eigenvalue weighted by molar-refractivity contribution is 5.82. The van der Waals surface area contributed by atoms with Crippen LogP contribution in [0.2, 0.25) is 0 Å². The van der Waals surface area contributed by atoms with Crippen molar-refractivity contribution in [1.29, 1.82) is 0 Å². The molecule has 0 aromatic heterocycles. The van der Waals surface area contributed by atoms with E-state index in [-0.39, 0.29) is 30.4 Å². The van der Waals surface area contributed by atoms with Gasteiger partial charge in [0.15, 0.2) is 5.79 Å². The van der Waals surface area contributed by atoms with Gasteiger partial charge in [0.05, 0.1) is 12.5 Å². The fourth-order valence-electron chi connectivity index (χ4n) is 6.55. The van der Waals surface area contributed by atoms with Gasteiger partial charge in [-0.2, -0.15) is 0 Å². The molecule has 1 heterocycles. The first kappa shape index (κ1) is 37.3. The SMILES string of the molecule is CCCCCCCCNC(=O)N(CCCCCC)C1CCCCCC1C(CNC(=O)C1OC(C)(C)OCC1(C)C)C(=O)O. The van der Waals surface area contributed by atoms with E-state index in [0.29, 0.717) is 19.7 Å². The van der Waals surface area contributed by atoms with Gasteiger partial charge < -0.3 is 30.1 Å². The number of nitrogens with zero attached hydrogens (tertiary/aromatic N) is 1. The van der Waals surface area contributed by atoms with E-state index in [1.165, 1.54) is 25.7 Å². The van der Waals surface area contributed by atoms with Crippen molar-refractivity contribution in [3.05, 3.63) is 0 Å². The molecule has 43 heavy (non-hydrogen) atoms. The second-order valence-electron chi connectivity index (χ2n) is 14.0. The normalized spacial score (nSPS) is 24.0. The number of aliphatic carboxylic acids is 1. The lowest BCUT2D eigenvalue weighted by atomic mass is 9.81. The standard InChI is InChI=1S/C34H63N3O6/c1-7-9-11-13-14-18-22-35-32(41)37(23-19-12-10-8-2)28-21-17-15-16-20-26(28)27(31(39)40)24-36-30(38)29-33(3,4)25-42-34(5,6)43-29/h26-29H,7-25H2,1-6H3,(H,35,41)(H,36,38)(H,39,40). The summed E-state index contributed by atoms with van der Waals surface area (Å²) in [5.74, 6) is -3.18. The number of rotatable bonds is 18. The molecule has 9 nitrogen and oxygen atoms in total. The largest absolute Gasteiger partial charge is 0.481 e. The summed E-state index contributed by atoms with van der Waals surface area (Å²) in [7, 11) is 0. The van der Waals surface area contributed by atoms with Crippen molar-refractivity contribution < 1.29 is 29.0 Å². The molecule has 0 spiro atoms. The van der Waals surface area contributed by atoms with Gasteiger partial charge in [-0.1, -0.05) is 98.3 Å². The van der Waals surface area contributed by atoms with Crippen LogP contribution >= 0.6 is 0 Å². The van der Waals surface area contributed by atoms with E-state index in [1.807, 2.05) is 18.7 Å². The topological polar surface area (TPSA) is 117 Å². The molecule has 2 rings (SSSR count). The van der Waals surface area contributed by atoms with Gasteiger partial charge in [-0.25, -0.2) is 4.79 Å². The van der Waals surface area contributed by atoms with Gasteiger partial charge >= 0.3 is 12.0 Å². The van der Waals surface area contributed by atoms with Crippen molar-refractivity contribution in [2.45, 2.75) is 156 Å². The lowest BCUT2D eigenvalue weighted by molar-refractivity contribution is -0.304. The molecule has 1 aliphatic carbocycles. The Labute approximate surface area is 261 Å². The quantitative estimate of drug-likeness (QED) is 0.115. The molecule has 2 fully saturated rings. The number of ether oxygens (including phenoxy) is 2. The average molecular weight is 610 g/mol. The second-order valence-corrected chi connectivity index (χ2v) is 14.0. The Kier molecular flexibility index (Phi) is 16.3. The van der Waals surface area contributed by atoms with E-state index in [1.54, 1.807) is 13.8 Å². The first-order valence-corrected chi connectivity index (χ1v) is 17.3. The number of nitrogens with one attached hydrogen (secondary N) is 2. The molecular formula is C34H63N3O6. The van der Waals surface area contributed by atoms with Crippen LogP contribution in [-0.2, 0) is 19.1 Å². The van der Waals surface area contributed by atoms with Gasteiger partial charge in [-0.15, -0.1) is 0 Å². The van der Waals surface area contributed by atoms with Crippen molar-refractivity contribution in [3.63, 3.8) is 0 Å². The van der Waals surface area contributed by atoms with Crippen LogP contribution in [0.25, 0.3) is 0 Å². The molecule has 3 N–H and O–H groups in total. The third-order valence-corrected chi connectivity index (χ3v) is 9.22. The summed E-state index contributed by atoms with van der Waals surface area (Å²) in [5.41, 5.74) is -0.549. The van der Waals surface area contributed by atoms with Crippen LogP contribution in [0.4, 0.5) is 4.79 Å². The monoisotopic (exact) mass is 609 g/mol. The Morgan fingerprint density at radius 1 is 0.860 bits per heavy atom. The zero-order valence-electron chi connectivity index (χ0n) is 28.2. The zero-order chi connectivity index (χ0) is 31.9. The molecule has 1 aliphatic heterocycles. The summed E-state index contributed by atoms with van der Waals surface area (Å²) in [5, 5.41) is 16.6. The number of carbonyl (C=O) groups excluding carboxylic acids is 2. The van der Waals surface area contributed by atoms with Crippen LogP contribution in [0.1, 0.15) is 138 Å². The van der Waals surface area contributed by atoms with E-state index in [0.717, 1.165) is 70.6 Å². The summed E-state index contributed by atoms with van der Waals surface area (Å²) in [6, 6.07) is -0.254. The average Bonchev–Trinajstić information content (AvgIpc) is 3.19. The number of amides is 3. The number of hydrogen-bond donors (Lipinski definition) is 3. The van der Waals surface area contributed by atoms with Crippen molar-refractivity contribution in [1.82, 2.24) is 15.5 Å². The maximum absolute atomic E-state index is 13.7. The highest BCUT2D eigenvalue weighted by Crippen LogP contribution is 2.36. The van der Waals surface area contributed by atoms with Crippen molar-refractivity contribution in [2.75, 3.05) is 26.2 Å². The molecule has 2 aliphatic rings. The Bertz CT molecular complexity index is 848. The van der Waals surface area contributed by atoms with Crippen molar-refractivity contribution in [2.24, 2.45) is 17.3 Å². The molecule has 0 aromatic carbocycles. The number of urea groups is 1. The van der Waals surface area contributed by atoms with Crippen LogP contribution in [0.15, 0.2) is 0 Å². The Morgan fingerprint density at radius 3 is 2.16 bits per heavy atom. The Morgan fingerprint density at radius 2 is 1.49 bits per heavy atom. The first-order valence-electron chi connectivity index (χ1n) is 17.3. The van der Waals surface area contributed by atoms with Crippen LogP contribution in [0.3, 0.4) is 0 Å². The molecule has 250 valence electrons. The van der Waals surface area contributed by atoms with E-state index < -0.39 is 29.2 Å². The molecule has 1 saturated carbocycles. The van der Waals surface area contributed by atoms with Crippen LogP contribution < -0.4 is 10.6 Å². The zero-order valence-corrected chi connectivity index (χ0v) is 28.2. The lowest BCUT2D eigenvalue weighted by Crippen LogP contribution is -2.57. The van der Waals surface area contributed by atoms with Crippen LogP contribution in [-0.4, -0.2) is 72.1 Å². The maximum atomic E-state index is 13.7. The van der Waals surface area contributed by atoms with Gasteiger partial charge in [-0.3, -0.25) is 9.59 Å². The fourth-order valence-corrected chi connectivity index (χ4v) is 6.55. The maximum Gasteiger partial charge on any atom is 0.317 e. The predicted molar refractivity (Wildman–Crippen MR) is 171 cm³/mol. The Balaban J connectivity index is 2.17. The van der Waals surface area contributed by atoms with E-state index >= 15 is 0 Å². The number of hydrogen-bond acceptors (Lipinski definition) is 5. The van der Waals surface area contributed by atoms with Gasteiger partial charge in [0, 0.05) is 31.1 Å². The highest BCUT2D eigenvalue weighted by atomic mass is 16.7. The molecule has 9 heteroatoms. The molecule has 0 aromatic rings. The highest BCUT2D eigenvalue weighted by Gasteiger charge is 2.46.